The summed E-state index contributed by atoms with van der Waals surface area (Å²) < 4.78 is 21.7. The standard InChI is InChI=1S/C21H23NO6/c1-13(2)27-17-7-4-15(5-8-17)21(24)28-14(3)20(23)22-16-6-9-18-19(12-16)26-11-10-25-18/h4-9,12-14H,10-11H2,1-3H3,(H,22,23)/t14-/m0/s1. The van der Waals surface area contributed by atoms with E-state index >= 15 is 0 Å². The van der Waals surface area contributed by atoms with E-state index in [1.54, 1.807) is 42.5 Å². The molecule has 1 aliphatic heterocycles. The molecule has 148 valence electrons. The predicted octanol–water partition coefficient (Wildman–Crippen LogP) is 3.43. The molecule has 1 heterocycles. The van der Waals surface area contributed by atoms with Crippen molar-refractivity contribution in [2.75, 3.05) is 18.5 Å². The molecule has 1 N–H and O–H groups in total. The van der Waals surface area contributed by atoms with E-state index in [1.165, 1.54) is 6.92 Å². The third-order valence-corrected chi connectivity index (χ3v) is 3.92. The number of hydrogen-bond donors (Lipinski definition) is 1. The number of amides is 1. The van der Waals surface area contributed by atoms with Gasteiger partial charge in [-0.3, -0.25) is 4.79 Å². The van der Waals surface area contributed by atoms with Crippen LogP contribution in [0.25, 0.3) is 0 Å². The van der Waals surface area contributed by atoms with Crippen LogP contribution in [-0.2, 0) is 9.53 Å². The number of hydrogen-bond acceptors (Lipinski definition) is 6. The number of rotatable bonds is 6. The minimum absolute atomic E-state index is 0.0436. The summed E-state index contributed by atoms with van der Waals surface area (Å²) in [7, 11) is 0. The Labute approximate surface area is 163 Å². The highest BCUT2D eigenvalue weighted by molar-refractivity contribution is 5.97. The number of nitrogens with one attached hydrogen (secondary N) is 1. The van der Waals surface area contributed by atoms with E-state index in [0.29, 0.717) is 41.7 Å². The molecule has 3 rings (SSSR count). The highest BCUT2D eigenvalue weighted by atomic mass is 16.6. The number of carbonyl (C=O) groups excluding carboxylic acids is 2. The lowest BCUT2D eigenvalue weighted by atomic mass is 10.2. The highest BCUT2D eigenvalue weighted by Crippen LogP contribution is 2.32. The molecule has 7 heteroatoms. The molecule has 0 fully saturated rings. The molecule has 0 aliphatic carbocycles. The van der Waals surface area contributed by atoms with Crippen LogP contribution in [0.3, 0.4) is 0 Å². The molecule has 0 saturated carbocycles. The lowest BCUT2D eigenvalue weighted by molar-refractivity contribution is -0.123. The molecule has 1 amide bonds. The summed E-state index contributed by atoms with van der Waals surface area (Å²) in [6, 6.07) is 11.7. The Balaban J connectivity index is 1.57. The molecule has 28 heavy (non-hydrogen) atoms. The molecule has 0 radical (unpaired) electrons. The van der Waals surface area contributed by atoms with Gasteiger partial charge in [0.15, 0.2) is 17.6 Å². The monoisotopic (exact) mass is 385 g/mol. The smallest absolute Gasteiger partial charge is 0.338 e. The fourth-order valence-corrected chi connectivity index (χ4v) is 2.59. The Morgan fingerprint density at radius 2 is 1.64 bits per heavy atom. The maximum Gasteiger partial charge on any atom is 0.338 e. The first-order valence-electron chi connectivity index (χ1n) is 9.10. The number of fused-ring (bicyclic) bond motifs is 1. The van der Waals surface area contributed by atoms with Crippen LogP contribution in [0.15, 0.2) is 42.5 Å². The number of ether oxygens (including phenoxy) is 4. The van der Waals surface area contributed by atoms with Gasteiger partial charge in [0.05, 0.1) is 11.7 Å². The molecule has 0 aromatic heterocycles. The summed E-state index contributed by atoms with van der Waals surface area (Å²) in [5, 5.41) is 2.71. The van der Waals surface area contributed by atoms with E-state index in [4.69, 9.17) is 18.9 Å². The predicted molar refractivity (Wildman–Crippen MR) is 103 cm³/mol. The quantitative estimate of drug-likeness (QED) is 0.767. The Morgan fingerprint density at radius 1 is 0.964 bits per heavy atom. The Hall–Kier alpha value is -3.22. The molecule has 2 aromatic carbocycles. The summed E-state index contributed by atoms with van der Waals surface area (Å²) in [6.45, 7) is 6.31. The second-order valence-electron chi connectivity index (χ2n) is 6.59. The number of esters is 1. The van der Waals surface area contributed by atoms with Gasteiger partial charge in [-0.1, -0.05) is 0 Å². The lowest BCUT2D eigenvalue weighted by Gasteiger charge is -2.19. The van der Waals surface area contributed by atoms with Crippen LogP contribution < -0.4 is 19.5 Å². The van der Waals surface area contributed by atoms with E-state index in [9.17, 15) is 9.59 Å². The first-order chi connectivity index (χ1) is 13.4. The molecule has 0 saturated heterocycles. The van der Waals surface area contributed by atoms with Crippen LogP contribution in [0.2, 0.25) is 0 Å². The summed E-state index contributed by atoms with van der Waals surface area (Å²) >= 11 is 0. The van der Waals surface area contributed by atoms with Crippen LogP contribution in [0.4, 0.5) is 5.69 Å². The van der Waals surface area contributed by atoms with E-state index in [2.05, 4.69) is 5.32 Å². The third kappa shape index (κ3) is 4.94. The molecule has 0 bridgehead atoms. The zero-order valence-electron chi connectivity index (χ0n) is 16.1. The second-order valence-corrected chi connectivity index (χ2v) is 6.59. The molecule has 0 spiro atoms. The maximum absolute atomic E-state index is 12.3. The summed E-state index contributed by atoms with van der Waals surface area (Å²) in [5.41, 5.74) is 0.877. The summed E-state index contributed by atoms with van der Waals surface area (Å²) in [5.74, 6) is 0.840. The van der Waals surface area contributed by atoms with Crippen molar-refractivity contribution in [1.82, 2.24) is 0 Å². The van der Waals surface area contributed by atoms with Crippen molar-refractivity contribution in [3.05, 3.63) is 48.0 Å². The van der Waals surface area contributed by atoms with E-state index in [1.807, 2.05) is 13.8 Å². The fourth-order valence-electron chi connectivity index (χ4n) is 2.59. The van der Waals surface area contributed by atoms with Crippen molar-refractivity contribution >= 4 is 17.6 Å². The SMILES string of the molecule is CC(C)Oc1ccc(C(=O)O[C@@H](C)C(=O)Nc2ccc3c(c2)OCCO3)cc1. The van der Waals surface area contributed by atoms with E-state index in [0.717, 1.165) is 0 Å². The summed E-state index contributed by atoms with van der Waals surface area (Å²) in [6.07, 6.45) is -0.922. The molecule has 2 aromatic rings. The van der Waals surface area contributed by atoms with Gasteiger partial charge in [0, 0.05) is 11.8 Å². The van der Waals surface area contributed by atoms with Gasteiger partial charge in [0.2, 0.25) is 0 Å². The van der Waals surface area contributed by atoms with Crippen LogP contribution in [0.1, 0.15) is 31.1 Å². The minimum Gasteiger partial charge on any atom is -0.491 e. The van der Waals surface area contributed by atoms with Gasteiger partial charge in [-0.05, 0) is 57.2 Å². The Bertz CT molecular complexity index is 846. The molecule has 7 nitrogen and oxygen atoms in total. The van der Waals surface area contributed by atoms with E-state index < -0.39 is 18.0 Å². The molecular formula is C21H23NO6. The maximum atomic E-state index is 12.3. The molecule has 0 unspecified atom stereocenters. The van der Waals surface area contributed by atoms with E-state index in [-0.39, 0.29) is 6.10 Å². The van der Waals surface area contributed by atoms with Crippen LogP contribution >= 0.6 is 0 Å². The lowest BCUT2D eigenvalue weighted by Crippen LogP contribution is -2.30. The normalized spacial score (nSPS) is 13.6. The first-order valence-corrected chi connectivity index (χ1v) is 9.10. The van der Waals surface area contributed by atoms with Gasteiger partial charge in [-0.15, -0.1) is 0 Å². The fraction of sp³-hybridized carbons (Fsp3) is 0.333. The van der Waals surface area contributed by atoms with Crippen molar-refractivity contribution in [2.24, 2.45) is 0 Å². The number of anilines is 1. The second kappa shape index (κ2) is 8.65. The van der Waals surface area contributed by atoms with Crippen LogP contribution in [0.5, 0.6) is 17.2 Å². The van der Waals surface area contributed by atoms with Gasteiger partial charge in [0.25, 0.3) is 5.91 Å². The number of benzene rings is 2. The molecule has 1 atom stereocenters. The van der Waals surface area contributed by atoms with Crippen molar-refractivity contribution in [1.29, 1.82) is 0 Å². The van der Waals surface area contributed by atoms with Gasteiger partial charge in [-0.2, -0.15) is 0 Å². The van der Waals surface area contributed by atoms with Crippen LogP contribution in [0, 0.1) is 0 Å². The topological polar surface area (TPSA) is 83.1 Å². The summed E-state index contributed by atoms with van der Waals surface area (Å²) in [4.78, 5) is 24.6. The first kappa shape index (κ1) is 19.5. The Morgan fingerprint density at radius 3 is 2.32 bits per heavy atom. The van der Waals surface area contributed by atoms with Gasteiger partial charge in [0.1, 0.15) is 19.0 Å². The van der Waals surface area contributed by atoms with Crippen LogP contribution in [-0.4, -0.2) is 37.3 Å². The largest absolute Gasteiger partial charge is 0.491 e. The van der Waals surface area contributed by atoms with Crippen molar-refractivity contribution in [3.63, 3.8) is 0 Å². The zero-order chi connectivity index (χ0) is 20.1. The minimum atomic E-state index is -0.965. The van der Waals surface area contributed by atoms with Crippen molar-refractivity contribution in [2.45, 2.75) is 33.0 Å². The van der Waals surface area contributed by atoms with Crippen molar-refractivity contribution in [3.8, 4) is 17.2 Å². The number of carbonyl (C=O) groups is 2. The average Bonchev–Trinajstić information content (AvgIpc) is 2.67. The highest BCUT2D eigenvalue weighted by Gasteiger charge is 2.20. The average molecular weight is 385 g/mol. The molecular weight excluding hydrogens is 362 g/mol. The van der Waals surface area contributed by atoms with Gasteiger partial charge >= 0.3 is 5.97 Å². The zero-order valence-corrected chi connectivity index (χ0v) is 16.1. The molecule has 1 aliphatic rings. The third-order valence-electron chi connectivity index (χ3n) is 3.92. The Kier molecular flexibility index (Phi) is 6.03. The van der Waals surface area contributed by atoms with Gasteiger partial charge in [-0.25, -0.2) is 4.79 Å². The van der Waals surface area contributed by atoms with Gasteiger partial charge < -0.3 is 24.3 Å². The van der Waals surface area contributed by atoms with Crippen molar-refractivity contribution < 1.29 is 28.5 Å².